The normalized spacial score (nSPS) is 15.7. The van der Waals surface area contributed by atoms with Crippen LogP contribution < -0.4 is 4.74 Å². The molecule has 2 aromatic carbocycles. The standard InChI is InChI=1S/C20H21ClN2O4S/c1-27-17-9-6-16(7-10-17)8-11-20(24)22-12-14-23(15-13-22)28(25,26)19-5-3-2-4-18(19)21/h2-11H,12-15H2,1H3/b11-8+. The molecule has 1 aliphatic heterocycles. The number of methoxy groups -OCH3 is 1. The molecule has 0 atom stereocenters. The Labute approximate surface area is 170 Å². The maximum Gasteiger partial charge on any atom is 0.246 e. The molecule has 0 aromatic heterocycles. The maximum atomic E-state index is 12.8. The molecule has 0 N–H and O–H groups in total. The van der Waals surface area contributed by atoms with Crippen molar-refractivity contribution in [3.8, 4) is 5.75 Å². The Morgan fingerprint density at radius 3 is 2.29 bits per heavy atom. The number of sulfonamides is 1. The van der Waals surface area contributed by atoms with E-state index in [4.69, 9.17) is 16.3 Å². The first kappa shape index (κ1) is 20.4. The molecule has 148 valence electrons. The number of halogens is 1. The predicted molar refractivity (Wildman–Crippen MR) is 109 cm³/mol. The third kappa shape index (κ3) is 4.55. The summed E-state index contributed by atoms with van der Waals surface area (Å²) < 4.78 is 32.0. The highest BCUT2D eigenvalue weighted by atomic mass is 35.5. The number of carbonyl (C=O) groups excluding carboxylic acids is 1. The summed E-state index contributed by atoms with van der Waals surface area (Å²) in [6.07, 6.45) is 3.23. The summed E-state index contributed by atoms with van der Waals surface area (Å²) in [4.78, 5) is 14.1. The van der Waals surface area contributed by atoms with Crippen molar-refractivity contribution in [3.63, 3.8) is 0 Å². The molecule has 28 heavy (non-hydrogen) atoms. The van der Waals surface area contributed by atoms with Gasteiger partial charge < -0.3 is 9.64 Å². The van der Waals surface area contributed by atoms with Crippen molar-refractivity contribution < 1.29 is 17.9 Å². The number of benzene rings is 2. The molecule has 1 aliphatic rings. The Morgan fingerprint density at radius 1 is 1.04 bits per heavy atom. The molecule has 0 unspecified atom stereocenters. The lowest BCUT2D eigenvalue weighted by Gasteiger charge is -2.33. The molecule has 1 amide bonds. The van der Waals surface area contributed by atoms with Gasteiger partial charge in [-0.15, -0.1) is 0 Å². The van der Waals surface area contributed by atoms with Crippen LogP contribution in [0.5, 0.6) is 5.75 Å². The van der Waals surface area contributed by atoms with Crippen LogP contribution in [0.1, 0.15) is 5.56 Å². The second-order valence-electron chi connectivity index (χ2n) is 6.27. The van der Waals surface area contributed by atoms with Gasteiger partial charge in [-0.3, -0.25) is 4.79 Å². The summed E-state index contributed by atoms with van der Waals surface area (Å²) in [5.41, 5.74) is 0.883. The third-order valence-electron chi connectivity index (χ3n) is 4.54. The summed E-state index contributed by atoms with van der Waals surface area (Å²) in [7, 11) is -2.07. The van der Waals surface area contributed by atoms with Crippen LogP contribution in [-0.4, -0.2) is 56.8 Å². The van der Waals surface area contributed by atoms with Gasteiger partial charge in [0, 0.05) is 32.3 Å². The van der Waals surface area contributed by atoms with E-state index < -0.39 is 10.0 Å². The van der Waals surface area contributed by atoms with E-state index in [9.17, 15) is 13.2 Å². The number of hydrogen-bond donors (Lipinski definition) is 0. The molecule has 6 nitrogen and oxygen atoms in total. The lowest BCUT2D eigenvalue weighted by atomic mass is 10.2. The fourth-order valence-corrected chi connectivity index (χ4v) is 4.85. The minimum absolute atomic E-state index is 0.0934. The number of carbonyl (C=O) groups is 1. The summed E-state index contributed by atoms with van der Waals surface area (Å²) >= 11 is 6.04. The van der Waals surface area contributed by atoms with Crippen molar-refractivity contribution in [3.05, 3.63) is 65.2 Å². The van der Waals surface area contributed by atoms with E-state index in [2.05, 4.69) is 0 Å². The SMILES string of the molecule is COc1ccc(/C=C/C(=O)N2CCN(S(=O)(=O)c3ccccc3Cl)CC2)cc1. The van der Waals surface area contributed by atoms with Gasteiger partial charge in [-0.1, -0.05) is 35.9 Å². The van der Waals surface area contributed by atoms with Crippen LogP contribution in [0.3, 0.4) is 0 Å². The molecule has 1 fully saturated rings. The summed E-state index contributed by atoms with van der Waals surface area (Å²) in [5, 5.41) is 0.198. The topological polar surface area (TPSA) is 66.9 Å². The molecule has 0 saturated carbocycles. The van der Waals surface area contributed by atoms with Gasteiger partial charge in [0.15, 0.2) is 0 Å². The van der Waals surface area contributed by atoms with Crippen molar-refractivity contribution in [2.75, 3.05) is 33.3 Å². The lowest BCUT2D eigenvalue weighted by Crippen LogP contribution is -2.50. The van der Waals surface area contributed by atoms with E-state index in [0.29, 0.717) is 13.1 Å². The molecule has 0 radical (unpaired) electrons. The van der Waals surface area contributed by atoms with E-state index in [0.717, 1.165) is 11.3 Å². The zero-order chi connectivity index (χ0) is 20.1. The minimum atomic E-state index is -3.67. The molecular weight excluding hydrogens is 400 g/mol. The van der Waals surface area contributed by atoms with E-state index >= 15 is 0 Å². The van der Waals surface area contributed by atoms with Crippen molar-refractivity contribution in [1.82, 2.24) is 9.21 Å². The molecule has 0 spiro atoms. The first-order valence-corrected chi connectivity index (χ1v) is 10.6. The van der Waals surface area contributed by atoms with Crippen LogP contribution in [0.25, 0.3) is 6.08 Å². The second-order valence-corrected chi connectivity index (χ2v) is 8.58. The second kappa shape index (κ2) is 8.77. The summed E-state index contributed by atoms with van der Waals surface area (Å²) in [6, 6.07) is 13.7. The Bertz CT molecular complexity index is 966. The Balaban J connectivity index is 1.60. The fraction of sp³-hybridized carbons (Fsp3) is 0.250. The van der Waals surface area contributed by atoms with Crippen LogP contribution in [0.4, 0.5) is 0 Å². The number of rotatable bonds is 5. The van der Waals surface area contributed by atoms with Gasteiger partial charge in [0.2, 0.25) is 15.9 Å². The predicted octanol–water partition coefficient (Wildman–Crippen LogP) is 2.89. The first-order valence-electron chi connectivity index (χ1n) is 8.77. The average Bonchev–Trinajstić information content (AvgIpc) is 2.72. The zero-order valence-corrected chi connectivity index (χ0v) is 17.0. The number of ether oxygens (including phenoxy) is 1. The van der Waals surface area contributed by atoms with Crippen LogP contribution >= 0.6 is 11.6 Å². The molecule has 0 bridgehead atoms. The lowest BCUT2D eigenvalue weighted by molar-refractivity contribution is -0.127. The van der Waals surface area contributed by atoms with Crippen LogP contribution in [0.15, 0.2) is 59.5 Å². The quantitative estimate of drug-likeness (QED) is 0.697. The van der Waals surface area contributed by atoms with Crippen molar-refractivity contribution in [2.45, 2.75) is 4.90 Å². The molecule has 1 heterocycles. The van der Waals surface area contributed by atoms with Gasteiger partial charge in [-0.2, -0.15) is 4.31 Å². The van der Waals surface area contributed by atoms with Crippen LogP contribution in [-0.2, 0) is 14.8 Å². The van der Waals surface area contributed by atoms with Gasteiger partial charge in [0.25, 0.3) is 0 Å². The Kier molecular flexibility index (Phi) is 6.39. The number of nitrogens with zero attached hydrogens (tertiary/aromatic N) is 2. The minimum Gasteiger partial charge on any atom is -0.497 e. The summed E-state index contributed by atoms with van der Waals surface area (Å²) in [6.45, 7) is 1.12. The van der Waals surface area contributed by atoms with Gasteiger partial charge >= 0.3 is 0 Å². The number of amides is 1. The maximum absolute atomic E-state index is 12.8. The molecule has 8 heteroatoms. The van der Waals surface area contributed by atoms with Crippen LogP contribution in [0.2, 0.25) is 5.02 Å². The van der Waals surface area contributed by atoms with E-state index in [1.54, 1.807) is 36.3 Å². The summed E-state index contributed by atoms with van der Waals surface area (Å²) in [5.74, 6) is 0.602. The van der Waals surface area contributed by atoms with E-state index in [1.165, 1.54) is 16.4 Å². The van der Waals surface area contributed by atoms with E-state index in [-0.39, 0.29) is 28.9 Å². The molecule has 2 aromatic rings. The largest absolute Gasteiger partial charge is 0.497 e. The molecular formula is C20H21ClN2O4S. The van der Waals surface area contributed by atoms with Crippen molar-refractivity contribution >= 4 is 33.6 Å². The van der Waals surface area contributed by atoms with Crippen molar-refractivity contribution in [1.29, 1.82) is 0 Å². The molecule has 1 saturated heterocycles. The van der Waals surface area contributed by atoms with Gasteiger partial charge in [0.1, 0.15) is 10.6 Å². The molecule has 3 rings (SSSR count). The first-order chi connectivity index (χ1) is 13.4. The van der Waals surface area contributed by atoms with Gasteiger partial charge in [-0.25, -0.2) is 8.42 Å². The fourth-order valence-electron chi connectivity index (χ4n) is 2.93. The molecule has 0 aliphatic carbocycles. The zero-order valence-electron chi connectivity index (χ0n) is 15.4. The number of piperazine rings is 1. The monoisotopic (exact) mass is 420 g/mol. The van der Waals surface area contributed by atoms with Crippen LogP contribution in [0, 0.1) is 0 Å². The average molecular weight is 421 g/mol. The third-order valence-corrected chi connectivity index (χ3v) is 6.94. The van der Waals surface area contributed by atoms with E-state index in [1.807, 2.05) is 24.3 Å². The highest BCUT2D eigenvalue weighted by molar-refractivity contribution is 7.89. The Hall–Kier alpha value is -2.35. The van der Waals surface area contributed by atoms with Gasteiger partial charge in [0.05, 0.1) is 12.1 Å². The smallest absolute Gasteiger partial charge is 0.246 e. The highest BCUT2D eigenvalue weighted by Gasteiger charge is 2.30. The van der Waals surface area contributed by atoms with Crippen molar-refractivity contribution in [2.24, 2.45) is 0 Å². The highest BCUT2D eigenvalue weighted by Crippen LogP contribution is 2.25. The van der Waals surface area contributed by atoms with Gasteiger partial charge in [-0.05, 0) is 35.9 Å². The Morgan fingerprint density at radius 2 is 1.68 bits per heavy atom. The number of hydrogen-bond acceptors (Lipinski definition) is 4.